The summed E-state index contributed by atoms with van der Waals surface area (Å²) < 4.78 is 23.9. The number of nitrogens with one attached hydrogen (secondary N) is 1. The van der Waals surface area contributed by atoms with Crippen LogP contribution in [0.15, 0.2) is 38.0 Å². The summed E-state index contributed by atoms with van der Waals surface area (Å²) in [6, 6.07) is 0.687. The molecule has 40 heavy (non-hydrogen) atoms. The van der Waals surface area contributed by atoms with Crippen LogP contribution in [-0.4, -0.2) is 68.3 Å². The van der Waals surface area contributed by atoms with Gasteiger partial charge in [-0.15, -0.1) is 0 Å². The highest BCUT2D eigenvalue weighted by atomic mass is 32.1. The number of aromatic amines is 1. The van der Waals surface area contributed by atoms with E-state index < -0.39 is 53.4 Å². The molecule has 3 rings (SSSR count). The van der Waals surface area contributed by atoms with Gasteiger partial charge < -0.3 is 24.7 Å². The lowest BCUT2D eigenvalue weighted by molar-refractivity contribution is -0.155. The summed E-state index contributed by atoms with van der Waals surface area (Å²) in [6.45, 7) is 0.911. The van der Waals surface area contributed by atoms with Gasteiger partial charge >= 0.3 is 23.3 Å². The molecule has 0 amide bonds. The van der Waals surface area contributed by atoms with Crippen molar-refractivity contribution in [2.75, 3.05) is 24.7 Å². The first-order valence-corrected chi connectivity index (χ1v) is 12.6. The van der Waals surface area contributed by atoms with Crippen molar-refractivity contribution < 1.29 is 28.5 Å². The van der Waals surface area contributed by atoms with Gasteiger partial charge in [0.1, 0.15) is 44.2 Å². The van der Waals surface area contributed by atoms with Gasteiger partial charge in [0.25, 0.3) is 5.56 Å². The van der Waals surface area contributed by atoms with Crippen molar-refractivity contribution in [1.82, 2.24) is 19.1 Å². The summed E-state index contributed by atoms with van der Waals surface area (Å²) in [5.74, 6) is -1.15. The van der Waals surface area contributed by atoms with Crippen molar-refractivity contribution in [2.24, 2.45) is 5.11 Å². The minimum Gasteiger partial charge on any atom is -0.463 e. The fourth-order valence-corrected chi connectivity index (χ4v) is 3.82. The van der Waals surface area contributed by atoms with E-state index in [0.29, 0.717) is 0 Å². The zero-order valence-corrected chi connectivity index (χ0v) is 22.3. The largest absolute Gasteiger partial charge is 0.463 e. The van der Waals surface area contributed by atoms with Crippen LogP contribution in [0.3, 0.4) is 0 Å². The van der Waals surface area contributed by atoms with E-state index in [4.69, 9.17) is 30.2 Å². The highest BCUT2D eigenvalue weighted by Crippen LogP contribution is 2.30. The SMILES string of the molecule is Cc1cn([C@H]2CC(N=[N+]=[N-])[C@@H](COC(=O)CCC(=O)OC[C@@H](CS)OCn3ccc(N)nc3=O)O2)c(=O)[nH]c1=O. The van der Waals surface area contributed by atoms with Crippen LogP contribution in [0.25, 0.3) is 10.4 Å². The lowest BCUT2D eigenvalue weighted by Crippen LogP contribution is -2.33. The number of aromatic nitrogens is 4. The summed E-state index contributed by atoms with van der Waals surface area (Å²) in [4.78, 5) is 68.3. The van der Waals surface area contributed by atoms with Crippen molar-refractivity contribution in [1.29, 1.82) is 0 Å². The number of esters is 2. The Morgan fingerprint density at radius 2 is 2.05 bits per heavy atom. The summed E-state index contributed by atoms with van der Waals surface area (Å²) in [7, 11) is 0. The van der Waals surface area contributed by atoms with Crippen LogP contribution >= 0.6 is 12.6 Å². The third-order valence-corrected chi connectivity index (χ3v) is 6.19. The second-order valence-electron chi connectivity index (χ2n) is 8.69. The van der Waals surface area contributed by atoms with Crippen LogP contribution < -0.4 is 22.7 Å². The number of nitrogens with zero attached hydrogens (tertiary/aromatic N) is 6. The molecule has 18 heteroatoms. The maximum atomic E-state index is 12.2. The second-order valence-corrected chi connectivity index (χ2v) is 9.05. The molecular weight excluding hydrogens is 552 g/mol. The number of hydrogen-bond acceptors (Lipinski definition) is 13. The van der Waals surface area contributed by atoms with E-state index in [2.05, 4.69) is 32.6 Å². The molecule has 2 aromatic rings. The second kappa shape index (κ2) is 14.3. The molecule has 3 heterocycles. The molecule has 0 bridgehead atoms. The van der Waals surface area contributed by atoms with E-state index in [1.165, 1.54) is 34.5 Å². The number of nitrogen functional groups attached to an aromatic ring is 1. The van der Waals surface area contributed by atoms with Gasteiger partial charge in [-0.1, -0.05) is 5.11 Å². The number of carbonyl (C=O) groups is 2. The minimum atomic E-state index is -0.854. The molecule has 1 aliphatic rings. The number of thiol groups is 1. The molecule has 0 radical (unpaired) electrons. The van der Waals surface area contributed by atoms with E-state index in [0.717, 1.165) is 0 Å². The first-order chi connectivity index (χ1) is 19.1. The summed E-state index contributed by atoms with van der Waals surface area (Å²) in [5, 5.41) is 3.65. The number of anilines is 1. The molecule has 0 aromatic carbocycles. The van der Waals surface area contributed by atoms with Gasteiger partial charge in [-0.3, -0.25) is 28.5 Å². The van der Waals surface area contributed by atoms with Gasteiger partial charge in [-0.2, -0.15) is 17.6 Å². The quantitative estimate of drug-likeness (QED) is 0.0921. The standard InChI is InChI=1S/C22H28N8O9S/c1-12-7-30(22(35)26-20(12)33)17-6-14(27-28-24)15(39-17)9-37-19(32)3-2-18(31)36-8-13(10-40)38-11-29-5-4-16(23)25-21(29)34/h4-5,7,13-15,17,40H,2-3,6,8-11H2,1H3,(H2,23,25,34)(H,26,33,35)/t13-,14?,15+,17+/m0/s1. The van der Waals surface area contributed by atoms with Crippen LogP contribution in [0.4, 0.5) is 5.82 Å². The Balaban J connectivity index is 1.43. The average Bonchev–Trinajstić information content (AvgIpc) is 3.31. The number of ether oxygens (including phenoxy) is 4. The predicted molar refractivity (Wildman–Crippen MR) is 140 cm³/mol. The fraction of sp³-hybridized carbons (Fsp3) is 0.545. The van der Waals surface area contributed by atoms with Crippen molar-refractivity contribution in [2.45, 2.75) is 57.4 Å². The normalized spacial score (nSPS) is 19.0. The number of carbonyl (C=O) groups excluding carboxylic acids is 2. The number of hydrogen-bond donors (Lipinski definition) is 3. The molecule has 3 N–H and O–H groups in total. The van der Waals surface area contributed by atoms with Crippen LogP contribution in [0.2, 0.25) is 0 Å². The summed E-state index contributed by atoms with van der Waals surface area (Å²) in [6.07, 6.45) is -0.0552. The molecule has 216 valence electrons. The van der Waals surface area contributed by atoms with Crippen molar-refractivity contribution in [3.63, 3.8) is 0 Å². The third kappa shape index (κ3) is 8.44. The van der Waals surface area contributed by atoms with Crippen LogP contribution in [0.5, 0.6) is 0 Å². The maximum Gasteiger partial charge on any atom is 0.351 e. The molecule has 0 aliphatic carbocycles. The van der Waals surface area contributed by atoms with Gasteiger partial charge in [0.05, 0.1) is 18.9 Å². The van der Waals surface area contributed by atoms with Gasteiger partial charge in [-0.05, 0) is 18.5 Å². The smallest absolute Gasteiger partial charge is 0.351 e. The Bertz CT molecular complexity index is 1430. The average molecular weight is 581 g/mol. The topological polar surface area (TPSA) is 236 Å². The van der Waals surface area contributed by atoms with E-state index >= 15 is 0 Å². The summed E-state index contributed by atoms with van der Waals surface area (Å²) in [5.41, 5.74) is 12.8. The molecular formula is C22H28N8O9S. The Labute approximate surface area is 231 Å². The lowest BCUT2D eigenvalue weighted by Gasteiger charge is -2.17. The van der Waals surface area contributed by atoms with E-state index in [1.54, 1.807) is 0 Å². The summed E-state index contributed by atoms with van der Waals surface area (Å²) >= 11 is 4.14. The maximum absolute atomic E-state index is 12.2. The van der Waals surface area contributed by atoms with E-state index in [1.807, 2.05) is 0 Å². The molecule has 1 saturated heterocycles. The lowest BCUT2D eigenvalue weighted by atomic mass is 10.1. The molecule has 1 fully saturated rings. The van der Waals surface area contributed by atoms with Crippen molar-refractivity contribution in [3.8, 4) is 0 Å². The molecule has 2 aromatic heterocycles. The Kier molecular flexibility index (Phi) is 10.9. The molecule has 17 nitrogen and oxygen atoms in total. The number of nitrogens with two attached hydrogens (primary N) is 1. The van der Waals surface area contributed by atoms with Gasteiger partial charge in [-0.25, -0.2) is 9.59 Å². The van der Waals surface area contributed by atoms with Crippen molar-refractivity contribution in [3.05, 3.63) is 65.8 Å². The molecule has 4 atom stereocenters. The van der Waals surface area contributed by atoms with E-state index in [9.17, 15) is 24.0 Å². The first kappa shape index (κ1) is 30.4. The zero-order chi connectivity index (χ0) is 29.2. The Hall–Kier alpha value is -4.12. The van der Waals surface area contributed by atoms with E-state index in [-0.39, 0.29) is 56.3 Å². The highest BCUT2D eigenvalue weighted by molar-refractivity contribution is 7.80. The van der Waals surface area contributed by atoms with Gasteiger partial charge in [0.15, 0.2) is 0 Å². The predicted octanol–water partition coefficient (Wildman–Crippen LogP) is -0.210. The van der Waals surface area contributed by atoms with Gasteiger partial charge in [0, 0.05) is 35.0 Å². The molecule has 0 saturated carbocycles. The molecule has 1 aliphatic heterocycles. The fourth-order valence-electron chi connectivity index (χ4n) is 3.61. The van der Waals surface area contributed by atoms with Crippen LogP contribution in [-0.2, 0) is 35.3 Å². The molecule has 1 unspecified atom stereocenters. The Morgan fingerprint density at radius 1 is 1.32 bits per heavy atom. The zero-order valence-electron chi connectivity index (χ0n) is 21.4. The first-order valence-electron chi connectivity index (χ1n) is 12.0. The Morgan fingerprint density at radius 3 is 2.73 bits per heavy atom. The number of aryl methyl sites for hydroxylation is 1. The van der Waals surface area contributed by atoms with Crippen LogP contribution in [0.1, 0.15) is 31.1 Å². The van der Waals surface area contributed by atoms with Gasteiger partial charge in [0.2, 0.25) is 0 Å². The van der Waals surface area contributed by atoms with Crippen molar-refractivity contribution >= 4 is 30.4 Å². The highest BCUT2D eigenvalue weighted by Gasteiger charge is 2.37. The number of azide groups is 1. The number of H-pyrrole nitrogens is 1. The molecule has 0 spiro atoms. The number of rotatable bonds is 13. The van der Waals surface area contributed by atoms with Crippen LogP contribution in [0, 0.1) is 6.92 Å². The monoisotopic (exact) mass is 580 g/mol. The minimum absolute atomic E-state index is 0.0765. The third-order valence-electron chi connectivity index (χ3n) is 5.78.